The van der Waals surface area contributed by atoms with Crippen LogP contribution in [-0.2, 0) is 16.1 Å². The molecular formula is C20H29N3O3. The molecule has 0 saturated carbocycles. The minimum Gasteiger partial charge on any atom is -0.449 e. The van der Waals surface area contributed by atoms with E-state index in [9.17, 15) is 9.59 Å². The highest BCUT2D eigenvalue weighted by Gasteiger charge is 2.43. The lowest BCUT2D eigenvalue weighted by Gasteiger charge is -2.47. The second-order valence-corrected chi connectivity index (χ2v) is 7.60. The van der Waals surface area contributed by atoms with Crippen LogP contribution in [0.1, 0.15) is 51.0 Å². The van der Waals surface area contributed by atoms with Crippen molar-refractivity contribution in [2.24, 2.45) is 5.41 Å². The molecule has 2 aliphatic heterocycles. The minimum absolute atomic E-state index is 0.00294. The fourth-order valence-corrected chi connectivity index (χ4v) is 4.05. The van der Waals surface area contributed by atoms with Gasteiger partial charge in [-0.15, -0.1) is 0 Å². The highest BCUT2D eigenvalue weighted by atomic mass is 16.6. The van der Waals surface area contributed by atoms with Gasteiger partial charge in [0.1, 0.15) is 0 Å². The molecule has 0 bridgehead atoms. The molecule has 1 spiro atoms. The predicted octanol–water partition coefficient (Wildman–Crippen LogP) is 3.22. The fourth-order valence-electron chi connectivity index (χ4n) is 4.05. The normalized spacial score (nSPS) is 23.3. The second kappa shape index (κ2) is 8.52. The number of likely N-dealkylation sites (tertiary alicyclic amines) is 2. The molecule has 0 aliphatic carbocycles. The molecule has 0 aromatic carbocycles. The Morgan fingerprint density at radius 2 is 2.08 bits per heavy atom. The Balaban J connectivity index is 1.62. The van der Waals surface area contributed by atoms with E-state index < -0.39 is 0 Å². The monoisotopic (exact) mass is 359 g/mol. The van der Waals surface area contributed by atoms with Gasteiger partial charge in [-0.25, -0.2) is 4.79 Å². The maximum Gasteiger partial charge on any atom is 0.409 e. The summed E-state index contributed by atoms with van der Waals surface area (Å²) in [6, 6.07) is 3.90. The van der Waals surface area contributed by atoms with E-state index in [-0.39, 0.29) is 17.4 Å². The van der Waals surface area contributed by atoms with Crippen LogP contribution >= 0.6 is 0 Å². The van der Waals surface area contributed by atoms with Gasteiger partial charge in [0.05, 0.1) is 6.61 Å². The van der Waals surface area contributed by atoms with Crippen LogP contribution in [0.4, 0.5) is 4.79 Å². The Labute approximate surface area is 155 Å². The van der Waals surface area contributed by atoms with E-state index in [0.717, 1.165) is 44.2 Å². The first-order chi connectivity index (χ1) is 12.6. The van der Waals surface area contributed by atoms with Gasteiger partial charge in [-0.1, -0.05) is 13.3 Å². The van der Waals surface area contributed by atoms with Gasteiger partial charge in [0.2, 0.25) is 5.91 Å². The molecule has 6 nitrogen and oxygen atoms in total. The molecule has 1 atom stereocenters. The number of piperidine rings is 2. The lowest BCUT2D eigenvalue weighted by molar-refractivity contribution is -0.139. The molecule has 3 heterocycles. The number of aromatic nitrogens is 1. The Morgan fingerprint density at radius 3 is 2.85 bits per heavy atom. The zero-order chi connectivity index (χ0) is 18.4. The van der Waals surface area contributed by atoms with Crippen molar-refractivity contribution >= 4 is 12.0 Å². The van der Waals surface area contributed by atoms with Crippen LogP contribution in [0.25, 0.3) is 0 Å². The fraction of sp³-hybridized carbons (Fsp3) is 0.650. The molecule has 2 amide bonds. The standard InChI is InChI=1S/C20H29N3O3/c1-2-3-13-26-19(25)22-12-4-8-20(15-22)9-5-18(24)23(16-20)14-17-6-10-21-11-7-17/h6-7,10-11H,2-5,8-9,12-16H2,1H3. The maximum absolute atomic E-state index is 12.4. The predicted molar refractivity (Wildman–Crippen MR) is 98.4 cm³/mol. The molecule has 2 fully saturated rings. The Morgan fingerprint density at radius 1 is 1.27 bits per heavy atom. The number of carbonyl (C=O) groups is 2. The van der Waals surface area contributed by atoms with Crippen molar-refractivity contribution < 1.29 is 14.3 Å². The molecule has 6 heteroatoms. The third kappa shape index (κ3) is 4.54. The molecule has 26 heavy (non-hydrogen) atoms. The highest BCUT2D eigenvalue weighted by Crippen LogP contribution is 2.39. The van der Waals surface area contributed by atoms with E-state index >= 15 is 0 Å². The summed E-state index contributed by atoms with van der Waals surface area (Å²) in [5.74, 6) is 0.204. The molecule has 1 unspecified atom stereocenters. The van der Waals surface area contributed by atoms with Crippen LogP contribution in [0.5, 0.6) is 0 Å². The van der Waals surface area contributed by atoms with Crippen molar-refractivity contribution in [3.8, 4) is 0 Å². The molecule has 0 radical (unpaired) electrons. The molecule has 142 valence electrons. The lowest BCUT2D eigenvalue weighted by atomic mass is 9.73. The van der Waals surface area contributed by atoms with Crippen molar-refractivity contribution in [3.63, 3.8) is 0 Å². The lowest BCUT2D eigenvalue weighted by Crippen LogP contribution is -2.54. The number of unbranched alkanes of at least 4 members (excludes halogenated alkanes) is 1. The minimum atomic E-state index is -0.199. The smallest absolute Gasteiger partial charge is 0.409 e. The molecule has 0 N–H and O–H groups in total. The largest absolute Gasteiger partial charge is 0.449 e. The van der Waals surface area contributed by atoms with Gasteiger partial charge >= 0.3 is 6.09 Å². The molecule has 3 rings (SSSR count). The third-order valence-electron chi connectivity index (χ3n) is 5.51. The first-order valence-electron chi connectivity index (χ1n) is 9.70. The number of carbonyl (C=O) groups excluding carboxylic acids is 2. The van der Waals surface area contributed by atoms with Crippen molar-refractivity contribution in [2.45, 2.75) is 52.0 Å². The van der Waals surface area contributed by atoms with Gasteiger partial charge < -0.3 is 14.5 Å². The summed E-state index contributed by atoms with van der Waals surface area (Å²) < 4.78 is 5.40. The average molecular weight is 359 g/mol. The number of hydrogen-bond donors (Lipinski definition) is 0. The van der Waals surface area contributed by atoms with Gasteiger partial charge in [-0.2, -0.15) is 0 Å². The second-order valence-electron chi connectivity index (χ2n) is 7.60. The van der Waals surface area contributed by atoms with E-state index in [1.807, 2.05) is 21.9 Å². The van der Waals surface area contributed by atoms with Gasteiger partial charge in [0.15, 0.2) is 0 Å². The van der Waals surface area contributed by atoms with Crippen LogP contribution in [0.2, 0.25) is 0 Å². The highest BCUT2D eigenvalue weighted by molar-refractivity contribution is 5.77. The third-order valence-corrected chi connectivity index (χ3v) is 5.51. The van der Waals surface area contributed by atoms with Crippen LogP contribution in [0.15, 0.2) is 24.5 Å². The molecule has 2 aliphatic rings. The molecule has 2 saturated heterocycles. The zero-order valence-electron chi connectivity index (χ0n) is 15.7. The van der Waals surface area contributed by atoms with E-state index in [1.165, 1.54) is 0 Å². The first kappa shape index (κ1) is 18.7. The summed E-state index contributed by atoms with van der Waals surface area (Å²) in [5, 5.41) is 0. The number of rotatable bonds is 5. The number of pyridine rings is 1. The zero-order valence-corrected chi connectivity index (χ0v) is 15.7. The van der Waals surface area contributed by atoms with Crippen LogP contribution < -0.4 is 0 Å². The van der Waals surface area contributed by atoms with Gasteiger partial charge in [0.25, 0.3) is 0 Å². The Kier molecular flexibility index (Phi) is 6.12. The molecule has 1 aromatic heterocycles. The topological polar surface area (TPSA) is 62.7 Å². The van der Waals surface area contributed by atoms with Crippen molar-refractivity contribution in [3.05, 3.63) is 30.1 Å². The SMILES string of the molecule is CCCCOC(=O)N1CCCC2(CCC(=O)N(Cc3ccncc3)C2)C1. The number of amides is 2. The first-order valence-corrected chi connectivity index (χ1v) is 9.70. The number of hydrogen-bond acceptors (Lipinski definition) is 4. The summed E-state index contributed by atoms with van der Waals surface area (Å²) in [4.78, 5) is 32.6. The van der Waals surface area contributed by atoms with Crippen molar-refractivity contribution in [2.75, 3.05) is 26.2 Å². The molecular weight excluding hydrogens is 330 g/mol. The summed E-state index contributed by atoms with van der Waals surface area (Å²) >= 11 is 0. The van der Waals surface area contributed by atoms with Gasteiger partial charge in [-0.05, 0) is 43.4 Å². The summed E-state index contributed by atoms with van der Waals surface area (Å²) in [7, 11) is 0. The Hall–Kier alpha value is -2.11. The van der Waals surface area contributed by atoms with E-state index in [0.29, 0.717) is 32.7 Å². The van der Waals surface area contributed by atoms with Crippen LogP contribution in [0, 0.1) is 5.41 Å². The number of ether oxygens (including phenoxy) is 1. The van der Waals surface area contributed by atoms with E-state index in [1.54, 1.807) is 12.4 Å². The van der Waals surface area contributed by atoms with E-state index in [4.69, 9.17) is 4.74 Å². The van der Waals surface area contributed by atoms with Crippen molar-refractivity contribution in [1.82, 2.24) is 14.8 Å². The Bertz CT molecular complexity index is 622. The summed E-state index contributed by atoms with van der Waals surface area (Å²) in [5.41, 5.74) is 1.10. The van der Waals surface area contributed by atoms with Crippen molar-refractivity contribution in [1.29, 1.82) is 0 Å². The van der Waals surface area contributed by atoms with E-state index in [2.05, 4.69) is 11.9 Å². The van der Waals surface area contributed by atoms with Gasteiger partial charge in [0, 0.05) is 50.4 Å². The quantitative estimate of drug-likeness (QED) is 0.757. The van der Waals surface area contributed by atoms with Crippen LogP contribution in [0.3, 0.4) is 0 Å². The maximum atomic E-state index is 12.4. The summed E-state index contributed by atoms with van der Waals surface area (Å²) in [6.45, 7) is 5.35. The summed E-state index contributed by atoms with van der Waals surface area (Å²) in [6.07, 6.45) is 8.69. The van der Waals surface area contributed by atoms with Gasteiger partial charge in [-0.3, -0.25) is 9.78 Å². The number of nitrogens with zero attached hydrogens (tertiary/aromatic N) is 3. The molecule has 1 aromatic rings. The van der Waals surface area contributed by atoms with Crippen LogP contribution in [-0.4, -0.2) is 53.0 Å². The average Bonchev–Trinajstić information content (AvgIpc) is 2.66.